The average molecular weight is 250 g/mol. The molecule has 100 valence electrons. The second kappa shape index (κ2) is 3.26. The number of carbonyl (C=O) groups excluding carboxylic acids is 1. The maximum Gasteiger partial charge on any atom is 0.190 e. The van der Waals surface area contributed by atoms with E-state index in [1.807, 2.05) is 20.8 Å². The lowest BCUT2D eigenvalue weighted by Gasteiger charge is -2.34. The number of carbonyl (C=O) groups is 1. The number of rotatable bonds is 0. The van der Waals surface area contributed by atoms with Gasteiger partial charge in [0.1, 0.15) is 5.60 Å². The van der Waals surface area contributed by atoms with Crippen LogP contribution >= 0.6 is 0 Å². The maximum atomic E-state index is 12.4. The standard InChI is InChI=1S/C15H22O3/c1-9-7-12(16)15(13(3,4)18-15)8-14(17)10(2)5-6-11(9)14/h7,10-11,17H,5-6,8H2,1-4H3/t10-,11-,14-,15+/m0/s1. The minimum Gasteiger partial charge on any atom is -0.389 e. The predicted octanol–water partition coefficient (Wildman–Crippen LogP) is 2.23. The SMILES string of the molecule is CC1=CC(=O)[C@@]2(C[C@]3(O)[C@@H](C)CC[C@@H]13)OC2(C)C. The number of fused-ring (bicyclic) bond motifs is 1. The van der Waals surface area contributed by atoms with Crippen molar-refractivity contribution in [2.75, 3.05) is 0 Å². The summed E-state index contributed by atoms with van der Waals surface area (Å²) >= 11 is 0. The molecule has 0 aromatic carbocycles. The molecule has 2 fully saturated rings. The summed E-state index contributed by atoms with van der Waals surface area (Å²) in [5, 5.41) is 11.1. The summed E-state index contributed by atoms with van der Waals surface area (Å²) in [5.74, 6) is 0.393. The van der Waals surface area contributed by atoms with Gasteiger partial charge in [-0.15, -0.1) is 0 Å². The zero-order chi connectivity index (χ0) is 13.3. The molecule has 1 N–H and O–H groups in total. The molecule has 0 amide bonds. The molecule has 3 rings (SSSR count). The Balaban J connectivity index is 2.08. The predicted molar refractivity (Wildman–Crippen MR) is 68.1 cm³/mol. The van der Waals surface area contributed by atoms with Gasteiger partial charge in [0.05, 0.1) is 5.60 Å². The minimum absolute atomic E-state index is 0.0417. The van der Waals surface area contributed by atoms with Crippen LogP contribution in [0, 0.1) is 11.8 Å². The molecule has 1 heterocycles. The van der Waals surface area contributed by atoms with E-state index in [-0.39, 0.29) is 17.6 Å². The van der Waals surface area contributed by atoms with E-state index in [4.69, 9.17) is 4.74 Å². The van der Waals surface area contributed by atoms with Gasteiger partial charge >= 0.3 is 0 Å². The Morgan fingerprint density at radius 1 is 1.39 bits per heavy atom. The number of ketones is 1. The molecule has 3 aliphatic rings. The van der Waals surface area contributed by atoms with Crippen LogP contribution in [0.3, 0.4) is 0 Å². The van der Waals surface area contributed by atoms with Crippen LogP contribution in [0.15, 0.2) is 11.6 Å². The Labute approximate surface area is 108 Å². The molecule has 18 heavy (non-hydrogen) atoms. The fourth-order valence-electron chi connectivity index (χ4n) is 4.10. The van der Waals surface area contributed by atoms with E-state index in [9.17, 15) is 9.90 Å². The highest BCUT2D eigenvalue weighted by Gasteiger charge is 2.72. The maximum absolute atomic E-state index is 12.4. The molecular weight excluding hydrogens is 228 g/mol. The third-order valence-corrected chi connectivity index (χ3v) is 5.54. The van der Waals surface area contributed by atoms with Gasteiger partial charge in [-0.05, 0) is 45.6 Å². The molecule has 2 aliphatic carbocycles. The van der Waals surface area contributed by atoms with Crippen molar-refractivity contribution < 1.29 is 14.6 Å². The van der Waals surface area contributed by atoms with Gasteiger partial charge in [0.15, 0.2) is 11.4 Å². The fourth-order valence-corrected chi connectivity index (χ4v) is 4.10. The molecule has 0 aromatic rings. The number of hydrogen-bond acceptors (Lipinski definition) is 3. The van der Waals surface area contributed by atoms with Crippen LogP contribution in [0.1, 0.15) is 47.0 Å². The number of ether oxygens (including phenoxy) is 1. The fraction of sp³-hybridized carbons (Fsp3) is 0.800. The van der Waals surface area contributed by atoms with Crippen LogP contribution < -0.4 is 0 Å². The van der Waals surface area contributed by atoms with Crippen molar-refractivity contribution in [3.8, 4) is 0 Å². The average Bonchev–Trinajstić information content (AvgIpc) is 2.69. The topological polar surface area (TPSA) is 49.8 Å². The highest BCUT2D eigenvalue weighted by molar-refractivity contribution is 6.01. The van der Waals surface area contributed by atoms with Crippen LogP contribution in [0.25, 0.3) is 0 Å². The Morgan fingerprint density at radius 3 is 2.56 bits per heavy atom. The van der Waals surface area contributed by atoms with Gasteiger partial charge in [-0.1, -0.05) is 12.5 Å². The molecule has 0 unspecified atom stereocenters. The van der Waals surface area contributed by atoms with Gasteiger partial charge in [-0.3, -0.25) is 4.79 Å². The molecule has 1 saturated heterocycles. The third kappa shape index (κ3) is 1.29. The smallest absolute Gasteiger partial charge is 0.190 e. The lowest BCUT2D eigenvalue weighted by atomic mass is 9.74. The first-order chi connectivity index (χ1) is 8.23. The summed E-state index contributed by atoms with van der Waals surface area (Å²) in [6.45, 7) is 7.95. The Kier molecular flexibility index (Phi) is 2.24. The summed E-state index contributed by atoms with van der Waals surface area (Å²) in [4.78, 5) is 12.4. The largest absolute Gasteiger partial charge is 0.389 e. The van der Waals surface area contributed by atoms with E-state index < -0.39 is 16.8 Å². The summed E-state index contributed by atoms with van der Waals surface area (Å²) in [6.07, 6.45) is 4.17. The van der Waals surface area contributed by atoms with E-state index in [0.717, 1.165) is 18.4 Å². The van der Waals surface area contributed by atoms with Crippen LogP contribution in [0.2, 0.25) is 0 Å². The van der Waals surface area contributed by atoms with Gasteiger partial charge in [0.2, 0.25) is 0 Å². The summed E-state index contributed by atoms with van der Waals surface area (Å²) < 4.78 is 5.74. The molecule has 0 radical (unpaired) electrons. The first-order valence-electron chi connectivity index (χ1n) is 6.88. The molecule has 0 aromatic heterocycles. The van der Waals surface area contributed by atoms with Crippen molar-refractivity contribution in [2.45, 2.75) is 63.8 Å². The molecule has 1 saturated carbocycles. The van der Waals surface area contributed by atoms with Crippen LogP contribution in [0.4, 0.5) is 0 Å². The van der Waals surface area contributed by atoms with Gasteiger partial charge in [0.25, 0.3) is 0 Å². The van der Waals surface area contributed by atoms with Crippen LogP contribution in [0.5, 0.6) is 0 Å². The Morgan fingerprint density at radius 2 is 2.00 bits per heavy atom. The van der Waals surface area contributed by atoms with E-state index in [1.54, 1.807) is 6.08 Å². The number of hydrogen-bond donors (Lipinski definition) is 1. The highest BCUT2D eigenvalue weighted by atomic mass is 16.6. The van der Waals surface area contributed by atoms with E-state index in [1.165, 1.54) is 0 Å². The van der Waals surface area contributed by atoms with Gasteiger partial charge in [-0.25, -0.2) is 0 Å². The monoisotopic (exact) mass is 250 g/mol. The molecule has 1 aliphatic heterocycles. The van der Waals surface area contributed by atoms with Gasteiger partial charge in [-0.2, -0.15) is 0 Å². The molecule has 3 heteroatoms. The first-order valence-corrected chi connectivity index (χ1v) is 6.88. The molecule has 4 atom stereocenters. The van der Waals surface area contributed by atoms with Crippen molar-refractivity contribution in [2.24, 2.45) is 11.8 Å². The summed E-state index contributed by atoms with van der Waals surface area (Å²) in [5.41, 5.74) is -0.972. The van der Waals surface area contributed by atoms with E-state index in [0.29, 0.717) is 6.42 Å². The van der Waals surface area contributed by atoms with Gasteiger partial charge < -0.3 is 9.84 Å². The van der Waals surface area contributed by atoms with Crippen molar-refractivity contribution in [3.63, 3.8) is 0 Å². The second-order valence-electron chi connectivity index (χ2n) is 6.89. The van der Waals surface area contributed by atoms with E-state index >= 15 is 0 Å². The molecule has 3 nitrogen and oxygen atoms in total. The van der Waals surface area contributed by atoms with Crippen molar-refractivity contribution in [1.29, 1.82) is 0 Å². The number of epoxide rings is 1. The minimum atomic E-state index is -0.781. The van der Waals surface area contributed by atoms with Crippen LogP contribution in [-0.4, -0.2) is 27.7 Å². The van der Waals surface area contributed by atoms with Crippen molar-refractivity contribution in [3.05, 3.63) is 11.6 Å². The molecule has 1 spiro atoms. The van der Waals surface area contributed by atoms with Crippen molar-refractivity contribution >= 4 is 5.78 Å². The lowest BCUT2D eigenvalue weighted by molar-refractivity contribution is -0.123. The Hall–Kier alpha value is -0.670. The Bertz CT molecular complexity index is 451. The van der Waals surface area contributed by atoms with Gasteiger partial charge in [0, 0.05) is 12.3 Å². The van der Waals surface area contributed by atoms with E-state index in [2.05, 4.69) is 6.92 Å². The third-order valence-electron chi connectivity index (χ3n) is 5.54. The molecule has 0 bridgehead atoms. The number of aliphatic hydroxyl groups is 1. The zero-order valence-corrected chi connectivity index (χ0v) is 11.6. The molecular formula is C15H22O3. The first kappa shape index (κ1) is 12.4. The van der Waals surface area contributed by atoms with Crippen LogP contribution in [-0.2, 0) is 9.53 Å². The second-order valence-corrected chi connectivity index (χ2v) is 6.89. The summed E-state index contributed by atoms with van der Waals surface area (Å²) in [7, 11) is 0. The normalized spacial score (nSPS) is 49.8. The quantitative estimate of drug-likeness (QED) is 0.671. The highest BCUT2D eigenvalue weighted by Crippen LogP contribution is 2.59. The van der Waals surface area contributed by atoms with Crippen molar-refractivity contribution in [1.82, 2.24) is 0 Å². The zero-order valence-electron chi connectivity index (χ0n) is 11.6. The summed E-state index contributed by atoms with van der Waals surface area (Å²) in [6, 6.07) is 0. The lowest BCUT2D eigenvalue weighted by Crippen LogP contribution is -2.45.